The van der Waals surface area contributed by atoms with Crippen LogP contribution in [-0.4, -0.2) is 39.7 Å². The van der Waals surface area contributed by atoms with E-state index in [0.717, 1.165) is 32.1 Å². The van der Waals surface area contributed by atoms with E-state index < -0.39 is 4.92 Å². The Morgan fingerprint density at radius 2 is 1.76 bits per heavy atom. The standard InChI is InChI=1S/C13H23N5O3/c1-2-7-14-12-11(18(20)21)13(17-10-16-12)15-8-5-3-4-6-9-19/h10,19H,2-9H2,1H3,(H2,14,15,16,17). The summed E-state index contributed by atoms with van der Waals surface area (Å²) in [6.45, 7) is 3.41. The molecule has 8 nitrogen and oxygen atoms in total. The van der Waals surface area contributed by atoms with Crippen LogP contribution in [0.5, 0.6) is 0 Å². The lowest BCUT2D eigenvalue weighted by molar-refractivity contribution is -0.383. The topological polar surface area (TPSA) is 113 Å². The highest BCUT2D eigenvalue weighted by molar-refractivity contribution is 5.69. The zero-order chi connectivity index (χ0) is 15.5. The molecule has 0 saturated heterocycles. The highest BCUT2D eigenvalue weighted by Crippen LogP contribution is 2.28. The molecule has 0 aromatic carbocycles. The SMILES string of the molecule is CCCNc1ncnc(NCCCCCCO)c1[N+](=O)[O-]. The smallest absolute Gasteiger partial charge is 0.353 e. The van der Waals surface area contributed by atoms with Crippen molar-refractivity contribution >= 4 is 17.3 Å². The van der Waals surface area contributed by atoms with Gasteiger partial charge < -0.3 is 15.7 Å². The molecular formula is C13H23N5O3. The van der Waals surface area contributed by atoms with Gasteiger partial charge in [-0.1, -0.05) is 19.8 Å². The summed E-state index contributed by atoms with van der Waals surface area (Å²) in [7, 11) is 0. The maximum Gasteiger partial charge on any atom is 0.353 e. The molecule has 1 aromatic heterocycles. The van der Waals surface area contributed by atoms with Crippen molar-refractivity contribution in [1.82, 2.24) is 9.97 Å². The van der Waals surface area contributed by atoms with Gasteiger partial charge in [0.1, 0.15) is 6.33 Å². The van der Waals surface area contributed by atoms with Gasteiger partial charge in [0.15, 0.2) is 0 Å². The Hall–Kier alpha value is -1.96. The summed E-state index contributed by atoms with van der Waals surface area (Å²) < 4.78 is 0. The number of hydrogen-bond donors (Lipinski definition) is 3. The predicted octanol–water partition coefficient (Wildman–Crippen LogP) is 2.17. The summed E-state index contributed by atoms with van der Waals surface area (Å²) in [4.78, 5) is 18.6. The number of aromatic nitrogens is 2. The quantitative estimate of drug-likeness (QED) is 0.326. The lowest BCUT2D eigenvalue weighted by Crippen LogP contribution is -2.11. The molecule has 0 bridgehead atoms. The van der Waals surface area contributed by atoms with E-state index >= 15 is 0 Å². The van der Waals surface area contributed by atoms with E-state index in [1.165, 1.54) is 6.33 Å². The molecule has 0 fully saturated rings. The van der Waals surface area contributed by atoms with Crippen LogP contribution in [0.4, 0.5) is 17.3 Å². The van der Waals surface area contributed by atoms with Crippen LogP contribution in [0, 0.1) is 10.1 Å². The van der Waals surface area contributed by atoms with Gasteiger partial charge in [-0.3, -0.25) is 10.1 Å². The molecule has 0 aliphatic carbocycles. The van der Waals surface area contributed by atoms with Gasteiger partial charge in [-0.15, -0.1) is 0 Å². The number of anilines is 2. The third kappa shape index (κ3) is 5.90. The van der Waals surface area contributed by atoms with Crippen molar-refractivity contribution in [3.63, 3.8) is 0 Å². The second kappa shape index (κ2) is 9.87. The Balaban J connectivity index is 2.61. The highest BCUT2D eigenvalue weighted by Gasteiger charge is 2.22. The summed E-state index contributed by atoms with van der Waals surface area (Å²) in [5.74, 6) is 0.496. The van der Waals surface area contributed by atoms with Gasteiger partial charge in [-0.25, -0.2) is 9.97 Å². The molecular weight excluding hydrogens is 274 g/mol. The molecule has 0 aliphatic rings. The predicted molar refractivity (Wildman–Crippen MR) is 81.5 cm³/mol. The van der Waals surface area contributed by atoms with Crippen LogP contribution in [0.3, 0.4) is 0 Å². The van der Waals surface area contributed by atoms with Crippen LogP contribution in [-0.2, 0) is 0 Å². The molecule has 0 aliphatic heterocycles. The van der Waals surface area contributed by atoms with Gasteiger partial charge in [0.05, 0.1) is 4.92 Å². The Morgan fingerprint density at radius 1 is 1.14 bits per heavy atom. The van der Waals surface area contributed by atoms with E-state index in [1.807, 2.05) is 6.92 Å². The van der Waals surface area contributed by atoms with Crippen molar-refractivity contribution in [1.29, 1.82) is 0 Å². The lowest BCUT2D eigenvalue weighted by atomic mass is 10.2. The fourth-order valence-corrected chi connectivity index (χ4v) is 1.85. The third-order valence-electron chi connectivity index (χ3n) is 2.92. The Bertz CT molecular complexity index is 442. The molecule has 0 radical (unpaired) electrons. The Labute approximate surface area is 124 Å². The van der Waals surface area contributed by atoms with E-state index in [0.29, 0.717) is 13.1 Å². The summed E-state index contributed by atoms with van der Waals surface area (Å²) >= 11 is 0. The first-order valence-corrected chi connectivity index (χ1v) is 7.28. The molecule has 1 aromatic rings. The van der Waals surface area contributed by atoms with Crippen molar-refractivity contribution in [2.75, 3.05) is 30.3 Å². The first kappa shape index (κ1) is 17.1. The molecule has 8 heteroatoms. The van der Waals surface area contributed by atoms with E-state index in [4.69, 9.17) is 5.11 Å². The Kier molecular flexibility index (Phi) is 8.03. The average molecular weight is 297 g/mol. The van der Waals surface area contributed by atoms with Crippen LogP contribution < -0.4 is 10.6 Å². The first-order chi connectivity index (χ1) is 10.2. The fourth-order valence-electron chi connectivity index (χ4n) is 1.85. The van der Waals surface area contributed by atoms with Gasteiger partial charge in [0.2, 0.25) is 11.6 Å². The minimum atomic E-state index is -0.466. The van der Waals surface area contributed by atoms with Gasteiger partial charge in [-0.05, 0) is 19.3 Å². The van der Waals surface area contributed by atoms with Crippen molar-refractivity contribution < 1.29 is 10.0 Å². The minimum Gasteiger partial charge on any atom is -0.396 e. The third-order valence-corrected chi connectivity index (χ3v) is 2.92. The van der Waals surface area contributed by atoms with E-state index in [9.17, 15) is 10.1 Å². The van der Waals surface area contributed by atoms with Crippen LogP contribution in [0.2, 0.25) is 0 Å². The number of rotatable bonds is 11. The second-order valence-electron chi connectivity index (χ2n) is 4.67. The molecule has 118 valence electrons. The molecule has 1 heterocycles. The van der Waals surface area contributed by atoms with Gasteiger partial charge in [0.25, 0.3) is 0 Å². The largest absolute Gasteiger partial charge is 0.396 e. The zero-order valence-corrected chi connectivity index (χ0v) is 12.3. The summed E-state index contributed by atoms with van der Waals surface area (Å²) in [5.41, 5.74) is -0.110. The first-order valence-electron chi connectivity index (χ1n) is 7.28. The van der Waals surface area contributed by atoms with Crippen LogP contribution in [0.1, 0.15) is 39.0 Å². The number of hydrogen-bond acceptors (Lipinski definition) is 7. The summed E-state index contributed by atoms with van der Waals surface area (Å²) in [5, 5.41) is 25.8. The van der Waals surface area contributed by atoms with Gasteiger partial charge in [-0.2, -0.15) is 0 Å². The number of aliphatic hydroxyl groups excluding tert-OH is 1. The number of nitrogens with zero attached hydrogens (tertiary/aromatic N) is 3. The van der Waals surface area contributed by atoms with E-state index in [-0.39, 0.29) is 23.9 Å². The monoisotopic (exact) mass is 297 g/mol. The molecule has 0 amide bonds. The number of aliphatic hydroxyl groups is 1. The normalized spacial score (nSPS) is 10.4. The molecule has 0 atom stereocenters. The lowest BCUT2D eigenvalue weighted by Gasteiger charge is -2.09. The van der Waals surface area contributed by atoms with Crippen molar-refractivity contribution in [3.8, 4) is 0 Å². The number of unbranched alkanes of at least 4 members (excludes halogenated alkanes) is 3. The molecule has 3 N–H and O–H groups in total. The van der Waals surface area contributed by atoms with Crippen molar-refractivity contribution in [2.24, 2.45) is 0 Å². The maximum absolute atomic E-state index is 11.2. The zero-order valence-electron chi connectivity index (χ0n) is 12.3. The maximum atomic E-state index is 11.2. The number of nitrogens with one attached hydrogen (secondary N) is 2. The van der Waals surface area contributed by atoms with Crippen LogP contribution >= 0.6 is 0 Å². The van der Waals surface area contributed by atoms with Gasteiger partial charge in [0, 0.05) is 19.7 Å². The van der Waals surface area contributed by atoms with E-state index in [1.54, 1.807) is 0 Å². The molecule has 0 spiro atoms. The van der Waals surface area contributed by atoms with Crippen LogP contribution in [0.25, 0.3) is 0 Å². The summed E-state index contributed by atoms with van der Waals surface area (Å²) in [6.07, 6.45) is 5.76. The second-order valence-corrected chi connectivity index (χ2v) is 4.67. The molecule has 0 unspecified atom stereocenters. The van der Waals surface area contributed by atoms with Crippen LogP contribution in [0.15, 0.2) is 6.33 Å². The number of nitro groups is 1. The van der Waals surface area contributed by atoms with Crippen molar-refractivity contribution in [3.05, 3.63) is 16.4 Å². The van der Waals surface area contributed by atoms with E-state index in [2.05, 4.69) is 20.6 Å². The molecule has 21 heavy (non-hydrogen) atoms. The molecule has 0 saturated carbocycles. The minimum absolute atomic E-state index is 0.110. The fraction of sp³-hybridized carbons (Fsp3) is 0.692. The highest BCUT2D eigenvalue weighted by atomic mass is 16.6. The van der Waals surface area contributed by atoms with Gasteiger partial charge >= 0.3 is 5.69 Å². The summed E-state index contributed by atoms with van der Waals surface area (Å²) in [6, 6.07) is 0. The van der Waals surface area contributed by atoms with Crippen molar-refractivity contribution in [2.45, 2.75) is 39.0 Å². The average Bonchev–Trinajstić information content (AvgIpc) is 2.48. The Morgan fingerprint density at radius 3 is 2.33 bits per heavy atom. The molecule has 1 rings (SSSR count).